The van der Waals surface area contributed by atoms with Gasteiger partial charge in [-0.2, -0.15) is 23.1 Å². The highest BCUT2D eigenvalue weighted by Gasteiger charge is 2.31. The highest BCUT2D eigenvalue weighted by molar-refractivity contribution is 7.99. The number of nitrogens with one attached hydrogen (secondary N) is 3. The van der Waals surface area contributed by atoms with Crippen molar-refractivity contribution in [3.8, 4) is 0 Å². The van der Waals surface area contributed by atoms with Gasteiger partial charge >= 0.3 is 6.18 Å². The molecule has 3 aromatic rings. The second kappa shape index (κ2) is 9.56. The van der Waals surface area contributed by atoms with Crippen molar-refractivity contribution in [2.75, 3.05) is 34.8 Å². The molecule has 166 valence electrons. The Hall–Kier alpha value is -2.80. The summed E-state index contributed by atoms with van der Waals surface area (Å²) < 4.78 is 40.2. The number of carbonyl (C=O) groups is 1. The maximum atomic E-state index is 12.9. The van der Waals surface area contributed by atoms with E-state index in [4.69, 9.17) is 11.6 Å². The highest BCUT2D eigenvalue weighted by Crippen LogP contribution is 2.34. The van der Waals surface area contributed by atoms with Crippen LogP contribution in [0.15, 0.2) is 23.4 Å². The first-order valence-electron chi connectivity index (χ1n) is 9.13. The van der Waals surface area contributed by atoms with Gasteiger partial charge in [0.05, 0.1) is 22.0 Å². The third-order valence-electron chi connectivity index (χ3n) is 3.82. The summed E-state index contributed by atoms with van der Waals surface area (Å²) in [6.45, 7) is 5.00. The first-order chi connectivity index (χ1) is 14.7. The minimum absolute atomic E-state index is 0.00179. The molecule has 0 saturated carbocycles. The molecule has 0 radical (unpaired) electrons. The van der Waals surface area contributed by atoms with Gasteiger partial charge in [-0.1, -0.05) is 23.4 Å². The van der Waals surface area contributed by atoms with Gasteiger partial charge < -0.3 is 16.0 Å². The Balaban J connectivity index is 1.76. The molecular formula is C17H18ClF3N8OS. The molecule has 0 aliphatic carbocycles. The topological polar surface area (TPSA) is 109 Å². The summed E-state index contributed by atoms with van der Waals surface area (Å²) in [7, 11) is 0. The Morgan fingerprint density at radius 2 is 1.90 bits per heavy atom. The Morgan fingerprint density at radius 1 is 1.16 bits per heavy atom. The molecule has 0 aliphatic heterocycles. The van der Waals surface area contributed by atoms with Crippen molar-refractivity contribution in [3.63, 3.8) is 0 Å². The summed E-state index contributed by atoms with van der Waals surface area (Å²) in [6, 6.07) is 2.72. The smallest absolute Gasteiger partial charge is 0.355 e. The molecule has 9 nitrogen and oxygen atoms in total. The summed E-state index contributed by atoms with van der Waals surface area (Å²) in [4.78, 5) is 20.9. The van der Waals surface area contributed by atoms with Gasteiger partial charge in [0.2, 0.25) is 17.8 Å². The fraction of sp³-hybridized carbons (Fsp3) is 0.353. The number of fused-ring (bicyclic) bond motifs is 1. The van der Waals surface area contributed by atoms with E-state index in [0.29, 0.717) is 30.1 Å². The van der Waals surface area contributed by atoms with Crippen LogP contribution in [0.4, 0.5) is 30.8 Å². The van der Waals surface area contributed by atoms with Crippen molar-refractivity contribution in [1.29, 1.82) is 0 Å². The molecule has 0 saturated heterocycles. The third-order valence-corrected chi connectivity index (χ3v) is 5.07. The maximum Gasteiger partial charge on any atom is 0.416 e. The van der Waals surface area contributed by atoms with Crippen molar-refractivity contribution in [1.82, 2.24) is 24.6 Å². The minimum atomic E-state index is -4.55. The van der Waals surface area contributed by atoms with Crippen molar-refractivity contribution >= 4 is 52.6 Å². The van der Waals surface area contributed by atoms with E-state index in [0.717, 1.165) is 30.0 Å². The number of rotatable bonds is 8. The SMILES string of the molecule is CCNc1nc(NCC)n2c(SCC(=O)Nc3cc(C(F)(F)F)ccc3Cl)nnc2n1. The van der Waals surface area contributed by atoms with Gasteiger partial charge in [0.15, 0.2) is 5.16 Å². The fourth-order valence-electron chi connectivity index (χ4n) is 2.51. The predicted octanol–water partition coefficient (Wildman–Crippen LogP) is 3.79. The van der Waals surface area contributed by atoms with E-state index in [1.165, 1.54) is 0 Å². The Kier molecular flexibility index (Phi) is 7.05. The van der Waals surface area contributed by atoms with Crippen molar-refractivity contribution < 1.29 is 18.0 Å². The molecule has 2 aromatic heterocycles. The molecule has 0 atom stereocenters. The highest BCUT2D eigenvalue weighted by atomic mass is 35.5. The molecule has 3 rings (SSSR count). The number of alkyl halides is 3. The molecule has 0 spiro atoms. The van der Waals surface area contributed by atoms with E-state index in [2.05, 4.69) is 36.1 Å². The van der Waals surface area contributed by atoms with Crippen LogP contribution in [-0.4, -0.2) is 49.3 Å². The molecule has 0 aliphatic rings. The van der Waals surface area contributed by atoms with Crippen LogP contribution in [0, 0.1) is 0 Å². The predicted molar refractivity (Wildman–Crippen MR) is 113 cm³/mol. The van der Waals surface area contributed by atoms with Gasteiger partial charge in [-0.15, -0.1) is 10.2 Å². The van der Waals surface area contributed by atoms with Crippen LogP contribution in [0.25, 0.3) is 5.78 Å². The summed E-state index contributed by atoms with van der Waals surface area (Å²) in [5.41, 5.74) is -1.03. The van der Waals surface area contributed by atoms with Crippen molar-refractivity contribution in [2.24, 2.45) is 0 Å². The first kappa shape index (κ1) is 22.9. The van der Waals surface area contributed by atoms with Gasteiger partial charge in [-0.3, -0.25) is 4.79 Å². The number of thioether (sulfide) groups is 1. The van der Waals surface area contributed by atoms with Crippen LogP contribution in [0.3, 0.4) is 0 Å². The molecule has 1 amide bonds. The number of carbonyl (C=O) groups excluding carboxylic acids is 1. The van der Waals surface area contributed by atoms with Crippen LogP contribution in [0.2, 0.25) is 5.02 Å². The lowest BCUT2D eigenvalue weighted by atomic mass is 10.2. The monoisotopic (exact) mass is 474 g/mol. The minimum Gasteiger partial charge on any atom is -0.355 e. The lowest BCUT2D eigenvalue weighted by Crippen LogP contribution is -2.16. The molecule has 0 bridgehead atoms. The molecule has 3 N–H and O–H groups in total. The summed E-state index contributed by atoms with van der Waals surface area (Å²) in [5.74, 6) is 0.404. The van der Waals surface area contributed by atoms with Gasteiger partial charge in [-0.25, -0.2) is 4.40 Å². The molecule has 1 aromatic carbocycles. The first-order valence-corrected chi connectivity index (χ1v) is 10.5. The maximum absolute atomic E-state index is 12.9. The number of hydrogen-bond acceptors (Lipinski definition) is 8. The standard InChI is InChI=1S/C17H18ClF3N8OS/c1-3-22-13-25-14(23-4-2)29-15(26-13)27-28-16(29)31-8-12(30)24-11-7-9(17(19,20)21)5-6-10(11)18/h5-7H,3-4,8H2,1-2H3,(H,24,30)(H2,22,23,25,26,27). The van der Waals surface area contributed by atoms with E-state index in [-0.39, 0.29) is 22.2 Å². The van der Waals surface area contributed by atoms with E-state index in [1.807, 2.05) is 13.8 Å². The number of benzene rings is 1. The lowest BCUT2D eigenvalue weighted by Gasteiger charge is -2.12. The van der Waals surface area contributed by atoms with Crippen LogP contribution >= 0.6 is 23.4 Å². The quantitative estimate of drug-likeness (QED) is 0.423. The van der Waals surface area contributed by atoms with E-state index in [1.54, 1.807) is 4.40 Å². The van der Waals surface area contributed by atoms with E-state index in [9.17, 15) is 18.0 Å². The Bertz CT molecular complexity index is 1090. The average molecular weight is 475 g/mol. The second-order valence-electron chi connectivity index (χ2n) is 6.08. The van der Waals surface area contributed by atoms with Crippen molar-refractivity contribution in [2.45, 2.75) is 25.2 Å². The van der Waals surface area contributed by atoms with Crippen LogP contribution in [-0.2, 0) is 11.0 Å². The number of nitrogens with zero attached hydrogens (tertiary/aromatic N) is 5. The Labute approximate surface area is 184 Å². The fourth-order valence-corrected chi connectivity index (χ4v) is 3.40. The molecule has 0 fully saturated rings. The number of hydrogen-bond donors (Lipinski definition) is 3. The number of amides is 1. The van der Waals surface area contributed by atoms with Crippen LogP contribution in [0.5, 0.6) is 0 Å². The largest absolute Gasteiger partial charge is 0.416 e. The van der Waals surface area contributed by atoms with Gasteiger partial charge in [0.1, 0.15) is 0 Å². The van der Waals surface area contributed by atoms with Crippen LogP contribution in [0.1, 0.15) is 19.4 Å². The molecule has 0 unspecified atom stereocenters. The van der Waals surface area contributed by atoms with Crippen LogP contribution < -0.4 is 16.0 Å². The zero-order valence-corrected chi connectivity index (χ0v) is 18.0. The zero-order valence-electron chi connectivity index (χ0n) is 16.4. The average Bonchev–Trinajstić information content (AvgIpc) is 3.11. The summed E-state index contributed by atoms with van der Waals surface area (Å²) in [5, 5.41) is 16.9. The normalized spacial score (nSPS) is 11.5. The van der Waals surface area contributed by atoms with E-state index >= 15 is 0 Å². The van der Waals surface area contributed by atoms with Crippen molar-refractivity contribution in [3.05, 3.63) is 28.8 Å². The lowest BCUT2D eigenvalue weighted by molar-refractivity contribution is -0.137. The molecule has 14 heteroatoms. The Morgan fingerprint density at radius 3 is 2.58 bits per heavy atom. The van der Waals surface area contributed by atoms with Gasteiger partial charge in [0.25, 0.3) is 5.78 Å². The summed E-state index contributed by atoms with van der Waals surface area (Å²) in [6.07, 6.45) is -4.55. The summed E-state index contributed by atoms with van der Waals surface area (Å²) >= 11 is 6.95. The third kappa shape index (κ3) is 5.47. The van der Waals surface area contributed by atoms with Gasteiger partial charge in [0, 0.05) is 13.1 Å². The zero-order chi connectivity index (χ0) is 22.6. The van der Waals surface area contributed by atoms with Gasteiger partial charge in [-0.05, 0) is 32.0 Å². The number of aromatic nitrogens is 5. The molecule has 31 heavy (non-hydrogen) atoms. The molecule has 2 heterocycles. The second-order valence-corrected chi connectivity index (χ2v) is 7.43. The molecular weight excluding hydrogens is 457 g/mol. The number of anilines is 3. The number of halogens is 4. The van der Waals surface area contributed by atoms with E-state index < -0.39 is 17.6 Å².